The van der Waals surface area contributed by atoms with E-state index in [0.29, 0.717) is 18.0 Å². The Morgan fingerprint density at radius 1 is 1.20 bits per heavy atom. The number of benzene rings is 1. The second kappa shape index (κ2) is 7.56. The lowest BCUT2D eigenvalue weighted by Crippen LogP contribution is -2.56. The topological polar surface area (TPSA) is 58.6 Å². The highest BCUT2D eigenvalue weighted by atomic mass is 16.5. The molecule has 1 aliphatic carbocycles. The SMILES string of the molecule is CC(C)CNC(=O)[C@H]1COC2(CCCCC2)N1C(=O)c1ccccc1. The maximum Gasteiger partial charge on any atom is 0.256 e. The normalized spacial score (nSPS) is 22.4. The van der Waals surface area contributed by atoms with Gasteiger partial charge in [-0.1, -0.05) is 38.5 Å². The van der Waals surface area contributed by atoms with Gasteiger partial charge in [0.05, 0.1) is 6.61 Å². The standard InChI is InChI=1S/C20H28N2O3/c1-15(2)13-21-18(23)17-14-25-20(11-7-4-8-12-20)22(17)19(24)16-9-5-3-6-10-16/h3,5-6,9-10,15,17H,4,7-8,11-14H2,1-2H3,(H,21,23)/t17-/m1/s1. The molecule has 1 atom stereocenters. The van der Waals surface area contributed by atoms with Crippen molar-refractivity contribution in [1.29, 1.82) is 0 Å². The number of amides is 2. The van der Waals surface area contributed by atoms with Gasteiger partial charge in [0.25, 0.3) is 5.91 Å². The van der Waals surface area contributed by atoms with Crippen molar-refractivity contribution in [3.8, 4) is 0 Å². The van der Waals surface area contributed by atoms with Gasteiger partial charge in [-0.3, -0.25) is 14.5 Å². The largest absolute Gasteiger partial charge is 0.354 e. The molecule has 136 valence electrons. The molecule has 1 spiro atoms. The molecule has 2 aliphatic rings. The average Bonchev–Trinajstić information content (AvgIpc) is 2.99. The van der Waals surface area contributed by atoms with Crippen LogP contribution in [0.4, 0.5) is 0 Å². The first-order valence-electron chi connectivity index (χ1n) is 9.34. The van der Waals surface area contributed by atoms with Gasteiger partial charge in [0, 0.05) is 12.1 Å². The van der Waals surface area contributed by atoms with Crippen LogP contribution in [0, 0.1) is 5.92 Å². The zero-order chi connectivity index (χ0) is 17.9. The Bertz CT molecular complexity index is 609. The summed E-state index contributed by atoms with van der Waals surface area (Å²) in [6.07, 6.45) is 4.82. The van der Waals surface area contributed by atoms with E-state index in [0.717, 1.165) is 32.1 Å². The lowest BCUT2D eigenvalue weighted by Gasteiger charge is -2.41. The quantitative estimate of drug-likeness (QED) is 0.913. The van der Waals surface area contributed by atoms with E-state index in [1.165, 1.54) is 0 Å². The number of nitrogens with zero attached hydrogens (tertiary/aromatic N) is 1. The van der Waals surface area contributed by atoms with E-state index in [1.54, 1.807) is 17.0 Å². The van der Waals surface area contributed by atoms with Gasteiger partial charge in [-0.2, -0.15) is 0 Å². The van der Waals surface area contributed by atoms with Crippen molar-refractivity contribution in [1.82, 2.24) is 10.2 Å². The number of nitrogens with one attached hydrogen (secondary N) is 1. The maximum atomic E-state index is 13.2. The second-order valence-corrected chi connectivity index (χ2v) is 7.51. The minimum atomic E-state index is -0.620. The summed E-state index contributed by atoms with van der Waals surface area (Å²) in [4.78, 5) is 27.7. The van der Waals surface area contributed by atoms with Crippen molar-refractivity contribution in [3.05, 3.63) is 35.9 Å². The van der Waals surface area contributed by atoms with Gasteiger partial charge in [-0.15, -0.1) is 0 Å². The van der Waals surface area contributed by atoms with Gasteiger partial charge in [0.15, 0.2) is 0 Å². The number of carbonyl (C=O) groups is 2. The van der Waals surface area contributed by atoms with E-state index < -0.39 is 11.8 Å². The van der Waals surface area contributed by atoms with Crippen LogP contribution in [0.5, 0.6) is 0 Å². The van der Waals surface area contributed by atoms with E-state index in [4.69, 9.17) is 4.74 Å². The highest BCUT2D eigenvalue weighted by molar-refractivity contribution is 5.98. The molecule has 2 amide bonds. The van der Waals surface area contributed by atoms with Crippen molar-refractivity contribution in [2.75, 3.05) is 13.2 Å². The molecular weight excluding hydrogens is 316 g/mol. The fourth-order valence-corrected chi connectivity index (χ4v) is 3.81. The number of rotatable bonds is 4. The molecule has 2 fully saturated rings. The van der Waals surface area contributed by atoms with E-state index in [-0.39, 0.29) is 18.4 Å². The third-order valence-corrected chi connectivity index (χ3v) is 5.12. The first kappa shape index (κ1) is 17.9. The third-order valence-electron chi connectivity index (χ3n) is 5.12. The van der Waals surface area contributed by atoms with Crippen molar-refractivity contribution < 1.29 is 14.3 Å². The molecule has 1 saturated carbocycles. The summed E-state index contributed by atoms with van der Waals surface area (Å²) in [5.74, 6) is 0.151. The fraction of sp³-hybridized carbons (Fsp3) is 0.600. The van der Waals surface area contributed by atoms with Crippen LogP contribution in [0.3, 0.4) is 0 Å². The third kappa shape index (κ3) is 3.71. The Hall–Kier alpha value is -1.88. The summed E-state index contributed by atoms with van der Waals surface area (Å²) in [6.45, 7) is 5.00. The molecular formula is C20H28N2O3. The molecule has 3 rings (SSSR count). The van der Waals surface area contributed by atoms with Gasteiger partial charge in [-0.05, 0) is 43.7 Å². The molecule has 1 aromatic carbocycles. The summed E-state index contributed by atoms with van der Waals surface area (Å²) in [5.41, 5.74) is -0.00928. The van der Waals surface area contributed by atoms with Crippen LogP contribution < -0.4 is 5.32 Å². The minimum absolute atomic E-state index is 0.107. The predicted octanol–water partition coefficient (Wildman–Crippen LogP) is 2.96. The highest BCUT2D eigenvalue weighted by Crippen LogP contribution is 2.41. The first-order chi connectivity index (χ1) is 12.0. The van der Waals surface area contributed by atoms with Crippen LogP contribution in [-0.4, -0.2) is 41.6 Å². The Kier molecular flexibility index (Phi) is 5.42. The van der Waals surface area contributed by atoms with Crippen molar-refractivity contribution in [2.24, 2.45) is 5.92 Å². The van der Waals surface area contributed by atoms with Crippen LogP contribution in [0.2, 0.25) is 0 Å². The smallest absolute Gasteiger partial charge is 0.256 e. The lowest BCUT2D eigenvalue weighted by molar-refractivity contribution is -0.127. The van der Waals surface area contributed by atoms with Gasteiger partial charge in [0.1, 0.15) is 11.8 Å². The summed E-state index contributed by atoms with van der Waals surface area (Å²) in [6, 6.07) is 8.66. The van der Waals surface area contributed by atoms with E-state index in [1.807, 2.05) is 18.2 Å². The second-order valence-electron chi connectivity index (χ2n) is 7.51. The molecule has 1 heterocycles. The Labute approximate surface area is 149 Å². The van der Waals surface area contributed by atoms with E-state index >= 15 is 0 Å². The minimum Gasteiger partial charge on any atom is -0.354 e. The molecule has 1 aliphatic heterocycles. The molecule has 25 heavy (non-hydrogen) atoms. The van der Waals surface area contributed by atoms with Gasteiger partial charge in [-0.25, -0.2) is 0 Å². The van der Waals surface area contributed by atoms with Crippen LogP contribution in [0.1, 0.15) is 56.3 Å². The zero-order valence-electron chi connectivity index (χ0n) is 15.2. The summed E-state index contributed by atoms with van der Waals surface area (Å²) < 4.78 is 6.12. The van der Waals surface area contributed by atoms with Crippen LogP contribution in [0.15, 0.2) is 30.3 Å². The molecule has 1 aromatic rings. The molecule has 1 N–H and O–H groups in total. The van der Waals surface area contributed by atoms with Gasteiger partial charge < -0.3 is 10.1 Å². The van der Waals surface area contributed by atoms with Crippen LogP contribution in [-0.2, 0) is 9.53 Å². The summed E-state index contributed by atoms with van der Waals surface area (Å²) in [5, 5.41) is 2.97. The first-order valence-corrected chi connectivity index (χ1v) is 9.34. The summed E-state index contributed by atoms with van der Waals surface area (Å²) in [7, 11) is 0. The predicted molar refractivity (Wildman–Crippen MR) is 96.0 cm³/mol. The molecule has 0 bridgehead atoms. The molecule has 1 saturated heterocycles. The number of carbonyl (C=O) groups excluding carboxylic acids is 2. The van der Waals surface area contributed by atoms with Gasteiger partial charge in [0.2, 0.25) is 5.91 Å². The zero-order valence-corrected chi connectivity index (χ0v) is 15.2. The van der Waals surface area contributed by atoms with Crippen molar-refractivity contribution in [2.45, 2.75) is 57.7 Å². The Morgan fingerprint density at radius 3 is 2.52 bits per heavy atom. The summed E-state index contributed by atoms with van der Waals surface area (Å²) >= 11 is 0. The molecule has 5 nitrogen and oxygen atoms in total. The van der Waals surface area contributed by atoms with E-state index in [9.17, 15) is 9.59 Å². The Balaban J connectivity index is 1.87. The molecule has 5 heteroatoms. The lowest BCUT2D eigenvalue weighted by atomic mass is 9.89. The monoisotopic (exact) mass is 344 g/mol. The van der Waals surface area contributed by atoms with Crippen molar-refractivity contribution in [3.63, 3.8) is 0 Å². The van der Waals surface area contributed by atoms with Gasteiger partial charge >= 0.3 is 0 Å². The van der Waals surface area contributed by atoms with Crippen LogP contribution >= 0.6 is 0 Å². The van der Waals surface area contributed by atoms with E-state index in [2.05, 4.69) is 19.2 Å². The fourth-order valence-electron chi connectivity index (χ4n) is 3.81. The number of hydrogen-bond acceptors (Lipinski definition) is 3. The highest BCUT2D eigenvalue weighted by Gasteiger charge is 2.52. The number of hydrogen-bond donors (Lipinski definition) is 1. The molecule has 0 unspecified atom stereocenters. The molecule has 0 aromatic heterocycles. The number of ether oxygens (including phenoxy) is 1. The van der Waals surface area contributed by atoms with Crippen molar-refractivity contribution >= 4 is 11.8 Å². The maximum absolute atomic E-state index is 13.2. The Morgan fingerprint density at radius 2 is 1.88 bits per heavy atom. The average molecular weight is 344 g/mol. The van der Waals surface area contributed by atoms with Crippen LogP contribution in [0.25, 0.3) is 0 Å². The molecule has 0 radical (unpaired) electrons.